The number of epoxide rings is 1. The van der Waals surface area contributed by atoms with Gasteiger partial charge in [0.2, 0.25) is 0 Å². The van der Waals surface area contributed by atoms with Crippen LogP contribution in [0.3, 0.4) is 0 Å². The molecule has 3 rings (SSSR count). The second-order valence-corrected chi connectivity index (χ2v) is 8.01. The summed E-state index contributed by atoms with van der Waals surface area (Å²) >= 11 is 0. The van der Waals surface area contributed by atoms with Crippen LogP contribution < -0.4 is 9.47 Å². The van der Waals surface area contributed by atoms with Crippen molar-refractivity contribution in [3.63, 3.8) is 0 Å². The van der Waals surface area contributed by atoms with Crippen molar-refractivity contribution in [2.75, 3.05) is 13.2 Å². The van der Waals surface area contributed by atoms with Crippen molar-refractivity contribution in [3.8, 4) is 11.5 Å². The highest BCUT2D eigenvalue weighted by molar-refractivity contribution is 5.41. The van der Waals surface area contributed by atoms with Crippen molar-refractivity contribution in [3.05, 3.63) is 23.8 Å². The summed E-state index contributed by atoms with van der Waals surface area (Å²) in [4.78, 5) is 0. The van der Waals surface area contributed by atoms with E-state index in [4.69, 9.17) is 14.2 Å². The van der Waals surface area contributed by atoms with E-state index in [1.807, 2.05) is 0 Å². The van der Waals surface area contributed by atoms with Crippen molar-refractivity contribution < 1.29 is 14.2 Å². The first-order valence-electron chi connectivity index (χ1n) is 10.1. The van der Waals surface area contributed by atoms with Gasteiger partial charge in [-0.3, -0.25) is 0 Å². The number of ether oxygens (including phenoxy) is 3. The van der Waals surface area contributed by atoms with E-state index < -0.39 is 0 Å². The van der Waals surface area contributed by atoms with Crippen LogP contribution in [0.15, 0.2) is 18.2 Å². The molecule has 0 saturated carbocycles. The van der Waals surface area contributed by atoms with Gasteiger partial charge in [-0.2, -0.15) is 0 Å². The summed E-state index contributed by atoms with van der Waals surface area (Å²) in [6.45, 7) is 10.7. The van der Waals surface area contributed by atoms with E-state index in [0.717, 1.165) is 50.4 Å². The minimum atomic E-state index is 0.145. The molecule has 1 aromatic rings. The van der Waals surface area contributed by atoms with E-state index in [1.165, 1.54) is 18.4 Å². The van der Waals surface area contributed by atoms with Crippen molar-refractivity contribution in [1.29, 1.82) is 0 Å². The number of rotatable bonds is 9. The molecule has 3 nitrogen and oxygen atoms in total. The van der Waals surface area contributed by atoms with E-state index in [2.05, 4.69) is 45.9 Å². The number of fused-ring (bicyclic) bond motifs is 1. The number of benzene rings is 1. The molecule has 1 fully saturated rings. The fourth-order valence-corrected chi connectivity index (χ4v) is 4.06. The van der Waals surface area contributed by atoms with Gasteiger partial charge in [-0.05, 0) is 62.5 Å². The predicted molar refractivity (Wildman–Crippen MR) is 102 cm³/mol. The second kappa shape index (κ2) is 7.99. The molecule has 2 aliphatic heterocycles. The maximum atomic E-state index is 6.03. The molecule has 3 heteroatoms. The maximum Gasteiger partial charge on any atom is 0.126 e. The molecule has 1 saturated heterocycles. The van der Waals surface area contributed by atoms with Gasteiger partial charge in [0.15, 0.2) is 0 Å². The topological polar surface area (TPSA) is 31.0 Å². The summed E-state index contributed by atoms with van der Waals surface area (Å²) < 4.78 is 17.7. The fraction of sp³-hybridized carbons (Fsp3) is 0.727. The van der Waals surface area contributed by atoms with Crippen molar-refractivity contribution in [1.82, 2.24) is 0 Å². The lowest BCUT2D eigenvalue weighted by atomic mass is 9.84. The predicted octanol–water partition coefficient (Wildman–Crippen LogP) is 5.40. The summed E-state index contributed by atoms with van der Waals surface area (Å²) in [6, 6.07) is 6.30. The summed E-state index contributed by atoms with van der Waals surface area (Å²) in [6.07, 6.45) is 7.29. The Hall–Kier alpha value is -1.22. The van der Waals surface area contributed by atoms with Gasteiger partial charge in [0.05, 0.1) is 24.9 Å². The first-order valence-corrected chi connectivity index (χ1v) is 10.1. The molecule has 2 heterocycles. The molecule has 0 bridgehead atoms. The normalized spacial score (nSPS) is 27.1. The third kappa shape index (κ3) is 4.49. The van der Waals surface area contributed by atoms with Crippen molar-refractivity contribution >= 4 is 0 Å². The molecule has 0 amide bonds. The molecule has 0 aliphatic carbocycles. The summed E-state index contributed by atoms with van der Waals surface area (Å²) in [5.41, 5.74) is 1.45. The highest BCUT2D eigenvalue weighted by Gasteiger charge is 2.50. The lowest BCUT2D eigenvalue weighted by molar-refractivity contribution is 0.217. The summed E-state index contributed by atoms with van der Waals surface area (Å²) in [5, 5.41) is 0. The van der Waals surface area contributed by atoms with Gasteiger partial charge in [0.1, 0.15) is 11.5 Å². The first kappa shape index (κ1) is 18.6. The molecular formula is C22H34O3. The molecule has 2 aliphatic rings. The average molecular weight is 347 g/mol. The van der Waals surface area contributed by atoms with Gasteiger partial charge in [0, 0.05) is 6.07 Å². The highest BCUT2D eigenvalue weighted by atomic mass is 16.6. The van der Waals surface area contributed by atoms with Crippen LogP contribution in [-0.4, -0.2) is 24.9 Å². The first-order chi connectivity index (χ1) is 12.1. The van der Waals surface area contributed by atoms with Crippen LogP contribution in [0, 0.1) is 11.8 Å². The van der Waals surface area contributed by atoms with Crippen LogP contribution in [0.5, 0.6) is 11.5 Å². The molecule has 0 radical (unpaired) electrons. The Bertz CT molecular complexity index is 570. The minimum absolute atomic E-state index is 0.145. The zero-order valence-electron chi connectivity index (χ0n) is 16.3. The molecule has 4 atom stereocenters. The summed E-state index contributed by atoms with van der Waals surface area (Å²) in [5.74, 6) is 3.32. The van der Waals surface area contributed by atoms with E-state index in [-0.39, 0.29) is 5.60 Å². The zero-order valence-corrected chi connectivity index (χ0v) is 16.3. The third-order valence-electron chi connectivity index (χ3n) is 6.30. The van der Waals surface area contributed by atoms with Crippen LogP contribution in [0.2, 0.25) is 0 Å². The van der Waals surface area contributed by atoms with Crippen LogP contribution in [0.25, 0.3) is 0 Å². The highest BCUT2D eigenvalue weighted by Crippen LogP contribution is 2.44. The Labute approximate surface area is 153 Å². The van der Waals surface area contributed by atoms with Gasteiger partial charge >= 0.3 is 0 Å². The number of hydrogen-bond acceptors (Lipinski definition) is 3. The Morgan fingerprint density at radius 2 is 2.16 bits per heavy atom. The van der Waals surface area contributed by atoms with Crippen LogP contribution in [-0.2, 0) is 11.2 Å². The monoisotopic (exact) mass is 346 g/mol. The lowest BCUT2D eigenvalue weighted by Crippen LogP contribution is -2.19. The fourth-order valence-electron chi connectivity index (χ4n) is 4.06. The minimum Gasteiger partial charge on any atom is -0.493 e. The molecule has 25 heavy (non-hydrogen) atoms. The largest absolute Gasteiger partial charge is 0.493 e. The SMILES string of the molecule is CCC(CCOc1ccc2c(c1)OCCC2)C(C)CC1OC1(C)CC. The van der Waals surface area contributed by atoms with Gasteiger partial charge in [-0.1, -0.05) is 33.3 Å². The third-order valence-corrected chi connectivity index (χ3v) is 6.30. The second-order valence-electron chi connectivity index (χ2n) is 8.01. The maximum absolute atomic E-state index is 6.03. The molecule has 1 aromatic carbocycles. The molecular weight excluding hydrogens is 312 g/mol. The van der Waals surface area contributed by atoms with Crippen LogP contribution in [0.4, 0.5) is 0 Å². The van der Waals surface area contributed by atoms with E-state index >= 15 is 0 Å². The number of aryl methyl sites for hydroxylation is 1. The van der Waals surface area contributed by atoms with Gasteiger partial charge < -0.3 is 14.2 Å². The quantitative estimate of drug-likeness (QED) is 0.561. The Kier molecular flexibility index (Phi) is 5.93. The van der Waals surface area contributed by atoms with Gasteiger partial charge in [-0.15, -0.1) is 0 Å². The smallest absolute Gasteiger partial charge is 0.126 e. The van der Waals surface area contributed by atoms with E-state index in [1.54, 1.807) is 0 Å². The van der Waals surface area contributed by atoms with E-state index in [0.29, 0.717) is 17.9 Å². The molecule has 0 spiro atoms. The standard InChI is InChI=1S/C22H34O3/c1-5-17(16(3)14-21-22(4,6-2)25-21)11-13-23-19-10-9-18-8-7-12-24-20(18)15-19/h9-10,15-17,21H,5-8,11-14H2,1-4H3. The van der Waals surface area contributed by atoms with Crippen LogP contribution in [0.1, 0.15) is 65.4 Å². The zero-order chi connectivity index (χ0) is 17.9. The Morgan fingerprint density at radius 1 is 1.32 bits per heavy atom. The van der Waals surface area contributed by atoms with E-state index in [9.17, 15) is 0 Å². The van der Waals surface area contributed by atoms with Crippen molar-refractivity contribution in [2.24, 2.45) is 11.8 Å². The molecule has 0 aromatic heterocycles. The molecule has 140 valence electrons. The lowest BCUT2D eigenvalue weighted by Gasteiger charge is -2.23. The summed E-state index contributed by atoms with van der Waals surface area (Å²) in [7, 11) is 0. The molecule has 0 N–H and O–H groups in total. The Balaban J connectivity index is 1.45. The van der Waals surface area contributed by atoms with Gasteiger partial charge in [-0.25, -0.2) is 0 Å². The van der Waals surface area contributed by atoms with Crippen LogP contribution >= 0.6 is 0 Å². The average Bonchev–Trinajstić information content (AvgIpc) is 3.28. The Morgan fingerprint density at radius 3 is 2.88 bits per heavy atom. The van der Waals surface area contributed by atoms with Gasteiger partial charge in [0.25, 0.3) is 0 Å². The number of hydrogen-bond donors (Lipinski definition) is 0. The van der Waals surface area contributed by atoms with Crippen molar-refractivity contribution in [2.45, 2.75) is 77.9 Å². The molecule has 4 unspecified atom stereocenters.